The Labute approximate surface area is 158 Å². The summed E-state index contributed by atoms with van der Waals surface area (Å²) >= 11 is -0.336. The second kappa shape index (κ2) is 8.81. The van der Waals surface area contributed by atoms with Crippen molar-refractivity contribution in [2.45, 2.75) is 10.4 Å². The van der Waals surface area contributed by atoms with Gasteiger partial charge in [-0.05, 0) is 48.2 Å². The van der Waals surface area contributed by atoms with Crippen molar-refractivity contribution in [1.29, 1.82) is 0 Å². The van der Waals surface area contributed by atoms with Crippen molar-refractivity contribution in [3.8, 4) is 5.75 Å². The van der Waals surface area contributed by atoms with Crippen molar-refractivity contribution in [2.75, 3.05) is 26.0 Å². The number of alkyl halides is 3. The van der Waals surface area contributed by atoms with E-state index in [1.54, 1.807) is 26.2 Å². The molecule has 0 radical (unpaired) electrons. The predicted molar refractivity (Wildman–Crippen MR) is 96.9 cm³/mol. The number of nitrogens with one attached hydrogen (secondary N) is 1. The van der Waals surface area contributed by atoms with Crippen molar-refractivity contribution >= 4 is 29.3 Å². The van der Waals surface area contributed by atoms with Crippen LogP contribution >= 0.6 is 11.8 Å². The molecule has 2 rings (SSSR count). The SMILES string of the molecule is CN(C)C(=O)COc1ccc(NC(=O)c2ccccc2SC(F)(F)F)cc1. The highest BCUT2D eigenvalue weighted by molar-refractivity contribution is 8.00. The summed E-state index contributed by atoms with van der Waals surface area (Å²) in [6.07, 6.45) is 0. The van der Waals surface area contributed by atoms with E-state index in [9.17, 15) is 22.8 Å². The third-order valence-electron chi connectivity index (χ3n) is 3.33. The summed E-state index contributed by atoms with van der Waals surface area (Å²) in [6.45, 7) is -0.124. The van der Waals surface area contributed by atoms with Gasteiger partial charge in [-0.3, -0.25) is 9.59 Å². The van der Waals surface area contributed by atoms with E-state index in [0.717, 1.165) is 0 Å². The molecule has 0 aliphatic heterocycles. The molecule has 2 amide bonds. The van der Waals surface area contributed by atoms with Gasteiger partial charge < -0.3 is 15.0 Å². The molecule has 2 aromatic rings. The molecule has 5 nitrogen and oxygen atoms in total. The van der Waals surface area contributed by atoms with Gasteiger partial charge >= 0.3 is 5.51 Å². The predicted octanol–water partition coefficient (Wildman–Crippen LogP) is 4.02. The van der Waals surface area contributed by atoms with E-state index in [2.05, 4.69) is 5.32 Å². The molecule has 0 atom stereocenters. The lowest BCUT2D eigenvalue weighted by atomic mass is 10.2. The zero-order chi connectivity index (χ0) is 20.0. The number of thioether (sulfide) groups is 1. The molecule has 0 saturated carbocycles. The van der Waals surface area contributed by atoms with Crippen LogP contribution in [0.1, 0.15) is 10.4 Å². The van der Waals surface area contributed by atoms with Gasteiger partial charge in [-0.15, -0.1) is 0 Å². The smallest absolute Gasteiger partial charge is 0.446 e. The Bertz CT molecular complexity index is 808. The third kappa shape index (κ3) is 6.52. The van der Waals surface area contributed by atoms with Gasteiger partial charge in [0.25, 0.3) is 11.8 Å². The molecule has 0 saturated heterocycles. The molecule has 144 valence electrons. The highest BCUT2D eigenvalue weighted by atomic mass is 32.2. The molecule has 9 heteroatoms. The zero-order valence-electron chi connectivity index (χ0n) is 14.5. The largest absolute Gasteiger partial charge is 0.484 e. The molecular formula is C18H17F3N2O3S. The fourth-order valence-electron chi connectivity index (χ4n) is 1.97. The van der Waals surface area contributed by atoms with E-state index in [-0.39, 0.29) is 34.7 Å². The summed E-state index contributed by atoms with van der Waals surface area (Å²) in [5.74, 6) is -0.429. The van der Waals surface area contributed by atoms with Crippen LogP contribution in [-0.2, 0) is 4.79 Å². The minimum absolute atomic E-state index is 0.0725. The number of carbonyl (C=O) groups is 2. The zero-order valence-corrected chi connectivity index (χ0v) is 15.4. The van der Waals surface area contributed by atoms with Crippen LogP contribution in [0.15, 0.2) is 53.4 Å². The molecule has 0 aliphatic carbocycles. The Morgan fingerprint density at radius 1 is 1.07 bits per heavy atom. The maximum Gasteiger partial charge on any atom is 0.446 e. The summed E-state index contributed by atoms with van der Waals surface area (Å²) in [5.41, 5.74) is -4.17. The van der Waals surface area contributed by atoms with Crippen LogP contribution < -0.4 is 10.1 Å². The van der Waals surface area contributed by atoms with E-state index in [1.165, 1.54) is 41.3 Å². The molecule has 0 aromatic heterocycles. The molecule has 0 heterocycles. The van der Waals surface area contributed by atoms with E-state index in [4.69, 9.17) is 4.74 Å². The van der Waals surface area contributed by atoms with Gasteiger partial charge in [0.1, 0.15) is 5.75 Å². The number of nitrogens with zero attached hydrogens (tertiary/aromatic N) is 1. The Kier molecular flexibility index (Phi) is 6.73. The fourth-order valence-corrected chi connectivity index (χ4v) is 2.64. The Morgan fingerprint density at radius 3 is 2.30 bits per heavy atom. The lowest BCUT2D eigenvalue weighted by Crippen LogP contribution is -2.27. The summed E-state index contributed by atoms with van der Waals surface area (Å²) in [5, 5.41) is 2.54. The number of carbonyl (C=O) groups excluding carboxylic acids is 2. The number of halogens is 3. The Balaban J connectivity index is 2.03. The molecule has 0 aliphatic rings. The summed E-state index contributed by atoms with van der Waals surface area (Å²) < 4.78 is 43.2. The van der Waals surface area contributed by atoms with E-state index in [1.807, 2.05) is 0 Å². The number of rotatable bonds is 6. The van der Waals surface area contributed by atoms with Crippen molar-refractivity contribution in [3.63, 3.8) is 0 Å². The first kappa shape index (κ1) is 20.6. The van der Waals surface area contributed by atoms with Crippen LogP contribution in [0.5, 0.6) is 5.75 Å². The van der Waals surface area contributed by atoms with Gasteiger partial charge in [0.15, 0.2) is 6.61 Å². The second-order valence-electron chi connectivity index (χ2n) is 5.60. The normalized spacial score (nSPS) is 11.0. The molecule has 27 heavy (non-hydrogen) atoms. The van der Waals surface area contributed by atoms with Crippen LogP contribution in [0.25, 0.3) is 0 Å². The summed E-state index contributed by atoms with van der Waals surface area (Å²) in [7, 11) is 3.22. The number of likely N-dealkylation sites (N-methyl/N-ethyl adjacent to an activating group) is 1. The van der Waals surface area contributed by atoms with E-state index < -0.39 is 11.4 Å². The third-order valence-corrected chi connectivity index (χ3v) is 4.14. The van der Waals surface area contributed by atoms with Gasteiger partial charge in [-0.1, -0.05) is 12.1 Å². The summed E-state index contributed by atoms with van der Waals surface area (Å²) in [4.78, 5) is 25.0. The number of anilines is 1. The molecular weight excluding hydrogens is 381 g/mol. The topological polar surface area (TPSA) is 58.6 Å². The Morgan fingerprint density at radius 2 is 1.70 bits per heavy atom. The summed E-state index contributed by atoms with van der Waals surface area (Å²) in [6, 6.07) is 11.7. The molecule has 2 aromatic carbocycles. The molecule has 0 fully saturated rings. The molecule has 0 spiro atoms. The average molecular weight is 398 g/mol. The average Bonchev–Trinajstić information content (AvgIpc) is 2.59. The van der Waals surface area contributed by atoms with Gasteiger partial charge in [-0.25, -0.2) is 0 Å². The monoisotopic (exact) mass is 398 g/mol. The number of hydrogen-bond acceptors (Lipinski definition) is 4. The van der Waals surface area contributed by atoms with Gasteiger partial charge in [0.2, 0.25) is 0 Å². The lowest BCUT2D eigenvalue weighted by molar-refractivity contribution is -0.130. The minimum atomic E-state index is -4.49. The number of benzene rings is 2. The quantitative estimate of drug-likeness (QED) is 0.747. The van der Waals surface area contributed by atoms with Crippen LogP contribution in [0.3, 0.4) is 0 Å². The van der Waals surface area contributed by atoms with E-state index >= 15 is 0 Å². The number of amides is 2. The van der Waals surface area contributed by atoms with Gasteiger partial charge in [0, 0.05) is 24.7 Å². The number of hydrogen-bond donors (Lipinski definition) is 1. The first-order chi connectivity index (χ1) is 12.7. The first-order valence-electron chi connectivity index (χ1n) is 7.75. The van der Waals surface area contributed by atoms with Crippen LogP contribution in [0.2, 0.25) is 0 Å². The standard InChI is InChI=1S/C18H17F3N2O3S/c1-23(2)16(24)11-26-13-9-7-12(8-10-13)22-17(25)14-5-3-4-6-15(14)27-18(19,20)21/h3-10H,11H2,1-2H3,(H,22,25). The maximum absolute atomic E-state index is 12.6. The molecule has 1 N–H and O–H groups in total. The van der Waals surface area contributed by atoms with Crippen LogP contribution in [0.4, 0.5) is 18.9 Å². The second-order valence-corrected chi connectivity index (χ2v) is 6.71. The number of ether oxygens (including phenoxy) is 1. The van der Waals surface area contributed by atoms with Gasteiger partial charge in [-0.2, -0.15) is 13.2 Å². The minimum Gasteiger partial charge on any atom is -0.484 e. The lowest BCUT2D eigenvalue weighted by Gasteiger charge is -2.13. The molecule has 0 unspecified atom stereocenters. The first-order valence-corrected chi connectivity index (χ1v) is 8.56. The van der Waals surface area contributed by atoms with Crippen molar-refractivity contribution in [1.82, 2.24) is 4.90 Å². The highest BCUT2D eigenvalue weighted by Gasteiger charge is 2.31. The molecule has 0 bridgehead atoms. The Hall–Kier alpha value is -2.68. The van der Waals surface area contributed by atoms with Gasteiger partial charge in [0.05, 0.1) is 5.56 Å². The highest BCUT2D eigenvalue weighted by Crippen LogP contribution is 2.38. The maximum atomic E-state index is 12.6. The fraction of sp³-hybridized carbons (Fsp3) is 0.222. The van der Waals surface area contributed by atoms with Crippen molar-refractivity contribution in [2.24, 2.45) is 0 Å². The van der Waals surface area contributed by atoms with Crippen molar-refractivity contribution in [3.05, 3.63) is 54.1 Å². The van der Waals surface area contributed by atoms with E-state index in [0.29, 0.717) is 11.4 Å². The van der Waals surface area contributed by atoms with Crippen molar-refractivity contribution < 1.29 is 27.5 Å². The van der Waals surface area contributed by atoms with Crippen LogP contribution in [-0.4, -0.2) is 42.9 Å². The van der Waals surface area contributed by atoms with Crippen LogP contribution in [0, 0.1) is 0 Å².